The van der Waals surface area contributed by atoms with E-state index in [4.69, 9.17) is 5.11 Å². The van der Waals surface area contributed by atoms with Gasteiger partial charge in [-0.1, -0.05) is 13.3 Å². The maximum absolute atomic E-state index is 9.12. The van der Waals surface area contributed by atoms with Crippen molar-refractivity contribution in [2.45, 2.75) is 46.5 Å². The van der Waals surface area contributed by atoms with Crippen molar-refractivity contribution in [1.82, 2.24) is 15.6 Å². The van der Waals surface area contributed by atoms with Gasteiger partial charge in [-0.3, -0.25) is 4.99 Å². The number of aliphatic hydroxyl groups is 1. The molecule has 6 heteroatoms. The molecule has 5 nitrogen and oxygen atoms in total. The summed E-state index contributed by atoms with van der Waals surface area (Å²) >= 11 is 1.75. The summed E-state index contributed by atoms with van der Waals surface area (Å²) in [5.41, 5.74) is 0. The molecule has 1 heterocycles. The smallest absolute Gasteiger partial charge is 0.191 e. The van der Waals surface area contributed by atoms with E-state index in [1.807, 2.05) is 6.20 Å². The molecule has 1 aromatic rings. The zero-order chi connectivity index (χ0) is 16.2. The van der Waals surface area contributed by atoms with Crippen molar-refractivity contribution >= 4 is 17.3 Å². The Kier molecular flexibility index (Phi) is 9.82. The summed E-state index contributed by atoms with van der Waals surface area (Å²) in [6.45, 7) is 9.01. The van der Waals surface area contributed by atoms with Crippen LogP contribution in [0.5, 0.6) is 0 Å². The summed E-state index contributed by atoms with van der Waals surface area (Å²) < 4.78 is 0. The summed E-state index contributed by atoms with van der Waals surface area (Å²) in [5, 5.41) is 16.9. The van der Waals surface area contributed by atoms with Gasteiger partial charge in [0.2, 0.25) is 0 Å². The van der Waals surface area contributed by atoms with E-state index in [-0.39, 0.29) is 6.61 Å². The summed E-state index contributed by atoms with van der Waals surface area (Å²) in [6, 6.07) is 0. The number of guanidine groups is 1. The summed E-state index contributed by atoms with van der Waals surface area (Å²) in [5.74, 6) is 1.32. The predicted molar refractivity (Wildman–Crippen MR) is 94.6 cm³/mol. The fourth-order valence-corrected chi connectivity index (χ4v) is 3.07. The minimum absolute atomic E-state index is 0.244. The van der Waals surface area contributed by atoms with E-state index < -0.39 is 0 Å². The van der Waals surface area contributed by atoms with Gasteiger partial charge in [0.15, 0.2) is 5.96 Å². The van der Waals surface area contributed by atoms with Gasteiger partial charge < -0.3 is 15.7 Å². The van der Waals surface area contributed by atoms with Gasteiger partial charge in [-0.25, -0.2) is 4.98 Å². The van der Waals surface area contributed by atoms with Crippen LogP contribution in [0.2, 0.25) is 0 Å². The molecular formula is C16H30N4OS. The number of nitrogens with one attached hydrogen (secondary N) is 2. The van der Waals surface area contributed by atoms with Crippen molar-refractivity contribution in [3.63, 3.8) is 0 Å². The number of aliphatic hydroxyl groups excluding tert-OH is 1. The Balaban J connectivity index is 2.43. The quantitative estimate of drug-likeness (QED) is 0.456. The van der Waals surface area contributed by atoms with Crippen LogP contribution in [0.1, 0.15) is 43.0 Å². The average Bonchev–Trinajstić information content (AvgIpc) is 2.90. The summed E-state index contributed by atoms with van der Waals surface area (Å²) in [7, 11) is 0. The Labute approximate surface area is 138 Å². The molecule has 3 N–H and O–H groups in total. The second-order valence-corrected chi connectivity index (χ2v) is 6.75. The molecule has 1 atom stereocenters. The minimum atomic E-state index is 0.244. The zero-order valence-corrected chi connectivity index (χ0v) is 14.9. The molecule has 1 aromatic heterocycles. The molecule has 1 rings (SSSR count). The minimum Gasteiger partial charge on any atom is -0.396 e. The third kappa shape index (κ3) is 7.75. The highest BCUT2D eigenvalue weighted by Crippen LogP contribution is 2.12. The van der Waals surface area contributed by atoms with Crippen LogP contribution in [0.25, 0.3) is 0 Å². The molecule has 0 amide bonds. The Hall–Kier alpha value is -1.14. The van der Waals surface area contributed by atoms with Crippen molar-refractivity contribution < 1.29 is 5.11 Å². The molecule has 0 aliphatic heterocycles. The first-order chi connectivity index (χ1) is 10.7. The fraction of sp³-hybridized carbons (Fsp3) is 0.750. The van der Waals surface area contributed by atoms with Crippen LogP contribution in [0.15, 0.2) is 11.2 Å². The molecule has 0 fully saturated rings. The van der Waals surface area contributed by atoms with E-state index in [1.165, 1.54) is 4.88 Å². The lowest BCUT2D eigenvalue weighted by Crippen LogP contribution is -2.38. The number of nitrogens with zero attached hydrogens (tertiary/aromatic N) is 2. The van der Waals surface area contributed by atoms with Crippen molar-refractivity contribution in [2.24, 2.45) is 10.9 Å². The van der Waals surface area contributed by atoms with Crippen molar-refractivity contribution in [2.75, 3.05) is 26.2 Å². The topological polar surface area (TPSA) is 69.5 Å². The zero-order valence-electron chi connectivity index (χ0n) is 14.1. The van der Waals surface area contributed by atoms with E-state index in [0.717, 1.165) is 56.3 Å². The van der Waals surface area contributed by atoms with Gasteiger partial charge in [0.25, 0.3) is 0 Å². The van der Waals surface area contributed by atoms with Crippen molar-refractivity contribution in [3.05, 3.63) is 16.1 Å². The van der Waals surface area contributed by atoms with E-state index in [0.29, 0.717) is 5.92 Å². The van der Waals surface area contributed by atoms with E-state index in [2.05, 4.69) is 41.4 Å². The Morgan fingerprint density at radius 3 is 2.77 bits per heavy atom. The standard InChI is InChI=1S/C16H30N4OS/c1-4-6-14(8-10-21)12-20-16(17-5-2)18-9-7-15-19-11-13(3)22-15/h11,14,21H,4-10,12H2,1-3H3,(H2,17,18,20). The maximum Gasteiger partial charge on any atom is 0.191 e. The van der Waals surface area contributed by atoms with Crippen LogP contribution in [-0.4, -0.2) is 42.3 Å². The lowest BCUT2D eigenvalue weighted by Gasteiger charge is -2.15. The van der Waals surface area contributed by atoms with Gasteiger partial charge in [0.05, 0.1) is 5.01 Å². The first kappa shape index (κ1) is 18.9. The number of hydrogen-bond acceptors (Lipinski definition) is 4. The fourth-order valence-electron chi connectivity index (χ4n) is 2.28. The molecule has 0 bridgehead atoms. The van der Waals surface area contributed by atoms with Crippen LogP contribution in [0, 0.1) is 12.8 Å². The lowest BCUT2D eigenvalue weighted by atomic mass is 10.0. The number of aliphatic imine (C=N–C) groups is 1. The number of thiazole rings is 1. The highest BCUT2D eigenvalue weighted by Gasteiger charge is 2.07. The van der Waals surface area contributed by atoms with Crippen molar-refractivity contribution in [1.29, 1.82) is 0 Å². The number of hydrogen-bond donors (Lipinski definition) is 3. The SMILES string of the molecule is CCCC(CCO)CN=C(NCC)NCCc1ncc(C)s1. The predicted octanol–water partition coefficient (Wildman–Crippen LogP) is 2.35. The lowest BCUT2D eigenvalue weighted by molar-refractivity contribution is 0.253. The first-order valence-corrected chi connectivity index (χ1v) is 9.05. The molecule has 0 spiro atoms. The summed E-state index contributed by atoms with van der Waals surface area (Å²) in [6.07, 6.45) is 5.91. The normalized spacial score (nSPS) is 13.2. The van der Waals surface area contributed by atoms with Crippen LogP contribution < -0.4 is 10.6 Å². The molecule has 0 aliphatic rings. The number of aryl methyl sites for hydroxylation is 1. The Bertz CT molecular complexity index is 428. The molecule has 126 valence electrons. The van der Waals surface area contributed by atoms with Crippen LogP contribution in [0.4, 0.5) is 0 Å². The second kappa shape index (κ2) is 11.4. The average molecular weight is 327 g/mol. The third-order valence-corrected chi connectivity index (χ3v) is 4.36. The molecule has 22 heavy (non-hydrogen) atoms. The van der Waals surface area contributed by atoms with E-state index in [1.54, 1.807) is 11.3 Å². The van der Waals surface area contributed by atoms with Crippen molar-refractivity contribution in [3.8, 4) is 0 Å². The van der Waals surface area contributed by atoms with Crippen LogP contribution in [-0.2, 0) is 6.42 Å². The highest BCUT2D eigenvalue weighted by molar-refractivity contribution is 7.11. The molecule has 0 saturated heterocycles. The highest BCUT2D eigenvalue weighted by atomic mass is 32.1. The van der Waals surface area contributed by atoms with Gasteiger partial charge in [0.1, 0.15) is 0 Å². The maximum atomic E-state index is 9.12. The monoisotopic (exact) mass is 326 g/mol. The van der Waals surface area contributed by atoms with Crippen LogP contribution >= 0.6 is 11.3 Å². The van der Waals surface area contributed by atoms with Gasteiger partial charge in [-0.05, 0) is 32.6 Å². The molecule has 0 aromatic carbocycles. The third-order valence-electron chi connectivity index (χ3n) is 3.39. The molecule has 1 unspecified atom stereocenters. The summed E-state index contributed by atoms with van der Waals surface area (Å²) in [4.78, 5) is 10.3. The first-order valence-electron chi connectivity index (χ1n) is 8.23. The molecule has 0 aliphatic carbocycles. The number of rotatable bonds is 10. The van der Waals surface area contributed by atoms with Gasteiger partial charge in [-0.2, -0.15) is 0 Å². The Morgan fingerprint density at radius 1 is 1.36 bits per heavy atom. The largest absolute Gasteiger partial charge is 0.396 e. The van der Waals surface area contributed by atoms with Gasteiger partial charge in [-0.15, -0.1) is 11.3 Å². The molecule has 0 radical (unpaired) electrons. The van der Waals surface area contributed by atoms with Gasteiger partial charge in [0, 0.05) is 43.7 Å². The Morgan fingerprint density at radius 2 is 2.18 bits per heavy atom. The van der Waals surface area contributed by atoms with E-state index in [9.17, 15) is 0 Å². The van der Waals surface area contributed by atoms with Gasteiger partial charge >= 0.3 is 0 Å². The van der Waals surface area contributed by atoms with E-state index >= 15 is 0 Å². The van der Waals surface area contributed by atoms with Crippen LogP contribution in [0.3, 0.4) is 0 Å². The second-order valence-electron chi connectivity index (χ2n) is 5.43. The number of aromatic nitrogens is 1. The molecule has 0 saturated carbocycles. The molecular weight excluding hydrogens is 296 g/mol.